The summed E-state index contributed by atoms with van der Waals surface area (Å²) in [6.45, 7) is 4.04. The summed E-state index contributed by atoms with van der Waals surface area (Å²) in [6, 6.07) is 10.6. The van der Waals surface area contributed by atoms with Crippen LogP contribution in [0.5, 0.6) is 5.75 Å². The van der Waals surface area contributed by atoms with Crippen LogP contribution >= 0.6 is 0 Å². The molecule has 3 N–H and O–H groups in total. The molecular formula is C18H22N2O5S2. The Bertz CT molecular complexity index is 1060. The van der Waals surface area contributed by atoms with Crippen LogP contribution in [0.2, 0.25) is 0 Å². The fourth-order valence-electron chi connectivity index (χ4n) is 2.86. The highest BCUT2D eigenvalue weighted by molar-refractivity contribution is 7.89. The average molecular weight is 411 g/mol. The van der Waals surface area contributed by atoms with E-state index in [1.165, 1.54) is 30.3 Å². The lowest BCUT2D eigenvalue weighted by Crippen LogP contribution is -2.32. The van der Waals surface area contributed by atoms with Crippen molar-refractivity contribution in [2.45, 2.75) is 48.6 Å². The minimum absolute atomic E-state index is 0.0216. The Kier molecular flexibility index (Phi) is 5.06. The molecule has 146 valence electrons. The highest BCUT2D eigenvalue weighted by atomic mass is 32.2. The van der Waals surface area contributed by atoms with Crippen LogP contribution < -0.4 is 14.6 Å². The lowest BCUT2D eigenvalue weighted by molar-refractivity contribution is 0.0845. The zero-order valence-electron chi connectivity index (χ0n) is 15.1. The first-order valence-electron chi connectivity index (χ1n) is 8.40. The highest BCUT2D eigenvalue weighted by Crippen LogP contribution is 2.34. The molecule has 0 spiro atoms. The van der Waals surface area contributed by atoms with Crippen molar-refractivity contribution in [2.75, 3.05) is 0 Å². The number of fused-ring (bicyclic) bond motifs is 1. The van der Waals surface area contributed by atoms with Crippen LogP contribution in [0.3, 0.4) is 0 Å². The number of sulfonamides is 2. The monoisotopic (exact) mass is 410 g/mol. The van der Waals surface area contributed by atoms with Crippen LogP contribution in [-0.2, 0) is 33.0 Å². The van der Waals surface area contributed by atoms with Crippen LogP contribution in [-0.4, -0.2) is 22.4 Å². The van der Waals surface area contributed by atoms with Crippen LogP contribution in [0.25, 0.3) is 0 Å². The van der Waals surface area contributed by atoms with Gasteiger partial charge < -0.3 is 4.74 Å². The molecule has 0 aliphatic carbocycles. The molecule has 9 heteroatoms. The fraction of sp³-hybridized carbons (Fsp3) is 0.333. The smallest absolute Gasteiger partial charge is 0.240 e. The van der Waals surface area contributed by atoms with Gasteiger partial charge in [-0.1, -0.05) is 12.1 Å². The van der Waals surface area contributed by atoms with Crippen molar-refractivity contribution < 1.29 is 21.6 Å². The van der Waals surface area contributed by atoms with Gasteiger partial charge in [0, 0.05) is 6.54 Å². The summed E-state index contributed by atoms with van der Waals surface area (Å²) in [5, 5.41) is 5.05. The second kappa shape index (κ2) is 6.90. The van der Waals surface area contributed by atoms with Gasteiger partial charge in [-0.05, 0) is 68.1 Å². The number of nitrogens with two attached hydrogens (primary N) is 1. The van der Waals surface area contributed by atoms with Crippen molar-refractivity contribution in [3.8, 4) is 5.75 Å². The fourth-order valence-corrected chi connectivity index (χ4v) is 4.44. The molecule has 0 radical (unpaired) electrons. The van der Waals surface area contributed by atoms with Crippen molar-refractivity contribution in [3.05, 3.63) is 53.6 Å². The summed E-state index contributed by atoms with van der Waals surface area (Å²) >= 11 is 0. The summed E-state index contributed by atoms with van der Waals surface area (Å²) in [5.41, 5.74) is 1.23. The van der Waals surface area contributed by atoms with E-state index in [-0.39, 0.29) is 21.9 Å². The van der Waals surface area contributed by atoms with Gasteiger partial charge in [-0.3, -0.25) is 0 Å². The number of rotatable bonds is 5. The van der Waals surface area contributed by atoms with E-state index in [9.17, 15) is 16.8 Å². The zero-order chi connectivity index (χ0) is 19.9. The Labute approximate surface area is 159 Å². The maximum atomic E-state index is 12.6. The molecule has 3 rings (SSSR count). The molecule has 7 nitrogen and oxygen atoms in total. The molecule has 1 aliphatic rings. The van der Waals surface area contributed by atoms with Gasteiger partial charge in [0.2, 0.25) is 20.0 Å². The third-order valence-electron chi connectivity index (χ3n) is 4.44. The van der Waals surface area contributed by atoms with E-state index < -0.39 is 20.0 Å². The summed E-state index contributed by atoms with van der Waals surface area (Å²) in [7, 11) is -7.48. The van der Waals surface area contributed by atoms with Gasteiger partial charge in [0.05, 0.1) is 9.79 Å². The second-order valence-electron chi connectivity index (χ2n) is 7.14. The molecule has 0 atom stereocenters. The lowest BCUT2D eigenvalue weighted by Gasteiger charge is -2.32. The van der Waals surface area contributed by atoms with Gasteiger partial charge in [0.15, 0.2) is 0 Å². The summed E-state index contributed by atoms with van der Waals surface area (Å²) in [6.07, 6.45) is 1.56. The van der Waals surface area contributed by atoms with Crippen LogP contribution in [0.15, 0.2) is 52.3 Å². The van der Waals surface area contributed by atoms with E-state index >= 15 is 0 Å². The zero-order valence-corrected chi connectivity index (χ0v) is 16.7. The van der Waals surface area contributed by atoms with E-state index in [0.29, 0.717) is 11.3 Å². The van der Waals surface area contributed by atoms with Gasteiger partial charge in [0.25, 0.3) is 0 Å². The standard InChI is InChI=1S/C18H22N2O5S2/c1-18(2)10-9-14-11-16(7-8-17(14)25-18)27(23,24)20-12-13-3-5-15(6-4-13)26(19,21)22/h3-8,11,20H,9-10,12H2,1-2H3,(H2,19,21,22). The molecule has 0 bridgehead atoms. The number of hydrogen-bond acceptors (Lipinski definition) is 5. The Morgan fingerprint density at radius 1 is 1.04 bits per heavy atom. The molecule has 0 amide bonds. The molecule has 0 saturated heterocycles. The van der Waals surface area contributed by atoms with Crippen LogP contribution in [0.4, 0.5) is 0 Å². The first kappa shape index (κ1) is 19.8. The van der Waals surface area contributed by atoms with Crippen LogP contribution in [0, 0.1) is 0 Å². The van der Waals surface area contributed by atoms with Crippen molar-refractivity contribution in [3.63, 3.8) is 0 Å². The van der Waals surface area contributed by atoms with Gasteiger partial charge in [-0.15, -0.1) is 0 Å². The largest absolute Gasteiger partial charge is 0.488 e. The second-order valence-corrected chi connectivity index (χ2v) is 10.5. The molecule has 1 aliphatic heterocycles. The molecule has 27 heavy (non-hydrogen) atoms. The highest BCUT2D eigenvalue weighted by Gasteiger charge is 2.27. The summed E-state index contributed by atoms with van der Waals surface area (Å²) in [4.78, 5) is 0.150. The SMILES string of the molecule is CC1(C)CCc2cc(S(=O)(=O)NCc3ccc(S(N)(=O)=O)cc3)ccc2O1. The van der Waals surface area contributed by atoms with Crippen LogP contribution in [0.1, 0.15) is 31.4 Å². The first-order chi connectivity index (χ1) is 12.5. The molecule has 0 aromatic heterocycles. The van der Waals surface area contributed by atoms with Crippen molar-refractivity contribution in [2.24, 2.45) is 5.14 Å². The number of primary sulfonamides is 1. The normalized spacial score (nSPS) is 16.4. The summed E-state index contributed by atoms with van der Waals surface area (Å²) in [5.74, 6) is 0.712. The van der Waals surface area contributed by atoms with Crippen molar-refractivity contribution in [1.29, 1.82) is 0 Å². The van der Waals surface area contributed by atoms with Gasteiger partial charge >= 0.3 is 0 Å². The number of nitrogens with one attached hydrogen (secondary N) is 1. The Morgan fingerprint density at radius 2 is 1.67 bits per heavy atom. The molecule has 0 fully saturated rings. The van der Waals surface area contributed by atoms with Crippen molar-refractivity contribution in [1.82, 2.24) is 4.72 Å². The molecule has 0 unspecified atom stereocenters. The topological polar surface area (TPSA) is 116 Å². The molecular weight excluding hydrogens is 388 g/mol. The van der Waals surface area contributed by atoms with E-state index in [0.717, 1.165) is 18.4 Å². The predicted octanol–water partition coefficient (Wildman–Crippen LogP) is 1.92. The lowest BCUT2D eigenvalue weighted by atomic mass is 9.94. The minimum Gasteiger partial charge on any atom is -0.488 e. The number of benzene rings is 2. The predicted molar refractivity (Wildman–Crippen MR) is 101 cm³/mol. The number of aryl methyl sites for hydroxylation is 1. The quantitative estimate of drug-likeness (QED) is 0.781. The number of ether oxygens (including phenoxy) is 1. The third kappa shape index (κ3) is 4.67. The Hall–Kier alpha value is -1.94. The molecule has 2 aromatic carbocycles. The van der Waals surface area contributed by atoms with Crippen molar-refractivity contribution >= 4 is 20.0 Å². The van der Waals surface area contributed by atoms with E-state index in [4.69, 9.17) is 9.88 Å². The molecule has 1 heterocycles. The van der Waals surface area contributed by atoms with Gasteiger partial charge in [-0.2, -0.15) is 0 Å². The minimum atomic E-state index is -3.77. The Balaban J connectivity index is 1.74. The molecule has 0 saturated carbocycles. The average Bonchev–Trinajstić information content (AvgIpc) is 2.58. The number of hydrogen-bond donors (Lipinski definition) is 2. The maximum Gasteiger partial charge on any atom is 0.240 e. The van der Waals surface area contributed by atoms with Gasteiger partial charge in [0.1, 0.15) is 11.4 Å². The Morgan fingerprint density at radius 3 is 2.30 bits per heavy atom. The third-order valence-corrected chi connectivity index (χ3v) is 6.77. The van der Waals surface area contributed by atoms with E-state index in [1.807, 2.05) is 13.8 Å². The summed E-state index contributed by atoms with van der Waals surface area (Å²) < 4.78 is 56.1. The van der Waals surface area contributed by atoms with E-state index in [1.54, 1.807) is 12.1 Å². The van der Waals surface area contributed by atoms with Gasteiger partial charge in [-0.25, -0.2) is 26.7 Å². The molecule has 2 aromatic rings. The first-order valence-corrected chi connectivity index (χ1v) is 11.4. The van der Waals surface area contributed by atoms with E-state index in [2.05, 4.69) is 4.72 Å². The maximum absolute atomic E-state index is 12.6.